The average molecular weight is 185 g/mol. The third-order valence-corrected chi connectivity index (χ3v) is 2.04. The highest BCUT2D eigenvalue weighted by Gasteiger charge is 2.32. The molecular weight excluding hydrogens is 170 g/mol. The maximum atomic E-state index is 11.3. The summed E-state index contributed by atoms with van der Waals surface area (Å²) in [5.41, 5.74) is 0. The minimum atomic E-state index is -0.180. The van der Waals surface area contributed by atoms with Crippen molar-refractivity contribution in [2.45, 2.75) is 6.42 Å². The lowest BCUT2D eigenvalue weighted by molar-refractivity contribution is -0.125. The molecule has 74 valence electrons. The van der Waals surface area contributed by atoms with Gasteiger partial charge in [-0.15, -0.1) is 0 Å². The summed E-state index contributed by atoms with van der Waals surface area (Å²) < 4.78 is 0. The molecule has 0 aliphatic carbocycles. The van der Waals surface area contributed by atoms with Gasteiger partial charge in [-0.1, -0.05) is 0 Å². The van der Waals surface area contributed by atoms with Crippen molar-refractivity contribution in [3.63, 3.8) is 0 Å². The maximum absolute atomic E-state index is 11.3. The summed E-state index contributed by atoms with van der Waals surface area (Å²) in [7, 11) is 3.48. The molecule has 13 heavy (non-hydrogen) atoms. The van der Waals surface area contributed by atoms with Crippen LogP contribution in [0.2, 0.25) is 0 Å². The number of nitrogens with zero attached hydrogens (tertiary/aromatic N) is 2. The first-order valence-corrected chi connectivity index (χ1v) is 4.37. The number of nitrogens with one attached hydrogen (secondary N) is 1. The van der Waals surface area contributed by atoms with Crippen LogP contribution in [0.4, 0.5) is 4.79 Å². The largest absolute Gasteiger partial charge is 0.326 e. The summed E-state index contributed by atoms with van der Waals surface area (Å²) in [6.45, 7) is 1.56. The first-order chi connectivity index (χ1) is 6.16. The Kier molecular flexibility index (Phi) is 3.25. The monoisotopic (exact) mass is 185 g/mol. The highest BCUT2D eigenvalue weighted by atomic mass is 16.2. The van der Waals surface area contributed by atoms with Gasteiger partial charge in [0, 0.05) is 13.6 Å². The molecule has 0 aromatic rings. The van der Waals surface area contributed by atoms with Crippen LogP contribution in [0.15, 0.2) is 0 Å². The summed E-state index contributed by atoms with van der Waals surface area (Å²) in [5.74, 6) is -0.0939. The van der Waals surface area contributed by atoms with Crippen LogP contribution in [-0.2, 0) is 4.79 Å². The molecule has 0 spiro atoms. The third kappa shape index (κ3) is 2.18. The molecule has 5 nitrogen and oxygen atoms in total. The van der Waals surface area contributed by atoms with Gasteiger partial charge in [0.2, 0.25) is 5.91 Å². The van der Waals surface area contributed by atoms with Crippen LogP contribution in [0.5, 0.6) is 0 Å². The van der Waals surface area contributed by atoms with E-state index in [1.54, 1.807) is 7.05 Å². The van der Waals surface area contributed by atoms with Gasteiger partial charge in [0.05, 0.1) is 0 Å². The van der Waals surface area contributed by atoms with Gasteiger partial charge in [-0.05, 0) is 20.0 Å². The van der Waals surface area contributed by atoms with Gasteiger partial charge in [0.1, 0.15) is 6.54 Å². The minimum Gasteiger partial charge on any atom is -0.320 e. The van der Waals surface area contributed by atoms with Gasteiger partial charge >= 0.3 is 6.03 Å². The highest BCUT2D eigenvalue weighted by molar-refractivity contribution is 6.01. The molecule has 0 radical (unpaired) electrons. The number of rotatable bonds is 4. The van der Waals surface area contributed by atoms with E-state index in [9.17, 15) is 9.59 Å². The fourth-order valence-electron chi connectivity index (χ4n) is 1.30. The van der Waals surface area contributed by atoms with E-state index in [0.717, 1.165) is 13.0 Å². The lowest BCUT2D eigenvalue weighted by Gasteiger charge is -2.13. The summed E-state index contributed by atoms with van der Waals surface area (Å²) >= 11 is 0. The van der Waals surface area contributed by atoms with Crippen molar-refractivity contribution < 1.29 is 9.59 Å². The Labute approximate surface area is 77.7 Å². The zero-order valence-corrected chi connectivity index (χ0v) is 8.04. The quantitative estimate of drug-likeness (QED) is 0.474. The fraction of sp³-hybridized carbons (Fsp3) is 0.750. The highest BCUT2D eigenvalue weighted by Crippen LogP contribution is 2.07. The van der Waals surface area contributed by atoms with Crippen molar-refractivity contribution in [1.29, 1.82) is 0 Å². The van der Waals surface area contributed by atoms with Crippen molar-refractivity contribution >= 4 is 11.9 Å². The number of hydrogen-bond acceptors (Lipinski definition) is 3. The lowest BCUT2D eigenvalue weighted by Crippen LogP contribution is -2.33. The molecule has 0 aromatic heterocycles. The molecule has 1 aliphatic heterocycles. The summed E-state index contributed by atoms with van der Waals surface area (Å²) in [5, 5.41) is 2.97. The summed E-state index contributed by atoms with van der Waals surface area (Å²) in [4.78, 5) is 25.3. The Balaban J connectivity index is 2.40. The zero-order chi connectivity index (χ0) is 9.84. The molecule has 1 rings (SSSR count). The van der Waals surface area contributed by atoms with Crippen LogP contribution >= 0.6 is 0 Å². The van der Waals surface area contributed by atoms with Gasteiger partial charge in [-0.3, -0.25) is 9.69 Å². The molecule has 1 N–H and O–H groups in total. The SMILES string of the molecule is CNCCCN1C(=O)CN(C)C1=O. The minimum absolute atomic E-state index is 0.0939. The number of hydrogen-bond donors (Lipinski definition) is 1. The van der Waals surface area contributed by atoms with Gasteiger partial charge in [0.15, 0.2) is 0 Å². The van der Waals surface area contributed by atoms with Crippen LogP contribution in [0, 0.1) is 0 Å². The van der Waals surface area contributed by atoms with E-state index in [4.69, 9.17) is 0 Å². The number of carbonyl (C=O) groups excluding carboxylic acids is 2. The number of imide groups is 1. The van der Waals surface area contributed by atoms with Crippen LogP contribution in [-0.4, -0.2) is 55.5 Å². The van der Waals surface area contributed by atoms with Gasteiger partial charge in [-0.2, -0.15) is 0 Å². The molecule has 1 saturated heterocycles. The van der Waals surface area contributed by atoms with Crippen molar-refractivity contribution in [3.8, 4) is 0 Å². The lowest BCUT2D eigenvalue weighted by atomic mass is 10.4. The molecule has 0 bridgehead atoms. The molecule has 0 unspecified atom stereocenters. The second-order valence-electron chi connectivity index (χ2n) is 3.14. The molecule has 1 fully saturated rings. The van der Waals surface area contributed by atoms with Crippen LogP contribution < -0.4 is 5.32 Å². The molecule has 0 aromatic carbocycles. The Bertz CT molecular complexity index is 217. The van der Waals surface area contributed by atoms with Crippen molar-refractivity contribution in [2.75, 3.05) is 33.7 Å². The maximum Gasteiger partial charge on any atom is 0.326 e. The van der Waals surface area contributed by atoms with Crippen molar-refractivity contribution in [2.24, 2.45) is 0 Å². The smallest absolute Gasteiger partial charge is 0.320 e. The molecule has 3 amide bonds. The predicted octanol–water partition coefficient (Wildman–Crippen LogP) is -0.510. The molecule has 5 heteroatoms. The molecule has 0 atom stereocenters. The molecular formula is C8H15N3O2. The van der Waals surface area contributed by atoms with Crippen LogP contribution in [0.3, 0.4) is 0 Å². The van der Waals surface area contributed by atoms with E-state index in [2.05, 4.69) is 5.32 Å². The number of amides is 3. The van der Waals surface area contributed by atoms with Crippen LogP contribution in [0.1, 0.15) is 6.42 Å². The van der Waals surface area contributed by atoms with E-state index in [1.165, 1.54) is 9.80 Å². The van der Waals surface area contributed by atoms with Crippen LogP contribution in [0.25, 0.3) is 0 Å². The van der Waals surface area contributed by atoms with E-state index in [0.29, 0.717) is 6.54 Å². The van der Waals surface area contributed by atoms with Crippen molar-refractivity contribution in [3.05, 3.63) is 0 Å². The number of likely N-dealkylation sites (N-methyl/N-ethyl adjacent to an activating group) is 1. The topological polar surface area (TPSA) is 52.7 Å². The third-order valence-electron chi connectivity index (χ3n) is 2.04. The zero-order valence-electron chi connectivity index (χ0n) is 8.04. The average Bonchev–Trinajstić information content (AvgIpc) is 2.32. The number of urea groups is 1. The Morgan fingerprint density at radius 3 is 2.62 bits per heavy atom. The Hall–Kier alpha value is -1.10. The van der Waals surface area contributed by atoms with E-state index < -0.39 is 0 Å². The van der Waals surface area contributed by atoms with E-state index in [1.807, 2.05) is 7.05 Å². The first-order valence-electron chi connectivity index (χ1n) is 4.37. The summed E-state index contributed by atoms with van der Waals surface area (Å²) in [6, 6.07) is -0.180. The second kappa shape index (κ2) is 4.23. The van der Waals surface area contributed by atoms with E-state index in [-0.39, 0.29) is 18.5 Å². The van der Waals surface area contributed by atoms with Gasteiger partial charge in [-0.25, -0.2) is 4.79 Å². The molecule has 1 aliphatic rings. The fourth-order valence-corrected chi connectivity index (χ4v) is 1.30. The van der Waals surface area contributed by atoms with E-state index >= 15 is 0 Å². The first kappa shape index (κ1) is 9.98. The second-order valence-corrected chi connectivity index (χ2v) is 3.14. The normalized spacial score (nSPS) is 17.4. The van der Waals surface area contributed by atoms with Gasteiger partial charge < -0.3 is 10.2 Å². The predicted molar refractivity (Wildman–Crippen MR) is 48.3 cm³/mol. The number of carbonyl (C=O) groups is 2. The van der Waals surface area contributed by atoms with Crippen molar-refractivity contribution in [1.82, 2.24) is 15.1 Å². The Morgan fingerprint density at radius 2 is 2.15 bits per heavy atom. The molecule has 0 saturated carbocycles. The summed E-state index contributed by atoms with van der Waals surface area (Å²) in [6.07, 6.45) is 0.807. The standard InChI is InChI=1S/C8H15N3O2/c1-9-4-3-5-11-7(12)6-10(2)8(11)13/h9H,3-6H2,1-2H3. The van der Waals surface area contributed by atoms with Gasteiger partial charge in [0.25, 0.3) is 0 Å². The molecule has 1 heterocycles. The Morgan fingerprint density at radius 1 is 1.46 bits per heavy atom.